The maximum atomic E-state index is 13.0. The zero-order chi connectivity index (χ0) is 29.9. The van der Waals surface area contributed by atoms with Crippen LogP contribution in [0.4, 0.5) is 11.4 Å². The lowest BCUT2D eigenvalue weighted by atomic mass is 10.1. The predicted molar refractivity (Wildman–Crippen MR) is 169 cm³/mol. The molecule has 43 heavy (non-hydrogen) atoms. The number of benzene rings is 2. The summed E-state index contributed by atoms with van der Waals surface area (Å²) < 4.78 is 0. The molecule has 4 amide bonds. The van der Waals surface area contributed by atoms with E-state index < -0.39 is 12.1 Å². The van der Waals surface area contributed by atoms with Gasteiger partial charge in [0.1, 0.15) is 17.1 Å². The van der Waals surface area contributed by atoms with E-state index in [-0.39, 0.29) is 23.6 Å². The molecule has 2 N–H and O–H groups in total. The van der Waals surface area contributed by atoms with Crippen molar-refractivity contribution in [2.45, 2.75) is 31.8 Å². The summed E-state index contributed by atoms with van der Waals surface area (Å²) in [6.07, 6.45) is 5.09. The van der Waals surface area contributed by atoms with Gasteiger partial charge in [0.15, 0.2) is 0 Å². The largest absolute Gasteiger partial charge is 0.331 e. The van der Waals surface area contributed by atoms with E-state index in [0.29, 0.717) is 35.8 Å². The number of rotatable bonds is 7. The molecule has 2 atom stereocenters. The lowest BCUT2D eigenvalue weighted by Gasteiger charge is -2.23. The van der Waals surface area contributed by atoms with Crippen LogP contribution >= 0.6 is 22.7 Å². The summed E-state index contributed by atoms with van der Waals surface area (Å²) in [4.78, 5) is 58.9. The molecule has 2 aliphatic rings. The molecule has 218 valence electrons. The van der Waals surface area contributed by atoms with Gasteiger partial charge in [0.2, 0.25) is 11.8 Å². The molecule has 4 aromatic rings. The van der Waals surface area contributed by atoms with Crippen LogP contribution in [0.15, 0.2) is 83.6 Å². The molecule has 0 spiro atoms. The first-order valence-electron chi connectivity index (χ1n) is 13.9. The summed E-state index contributed by atoms with van der Waals surface area (Å²) in [6.45, 7) is 2.51. The number of anilines is 2. The summed E-state index contributed by atoms with van der Waals surface area (Å²) >= 11 is 2.88. The molecule has 2 aromatic heterocycles. The Morgan fingerprint density at radius 1 is 0.860 bits per heavy atom. The average Bonchev–Trinajstić information content (AvgIpc) is 3.84. The number of thiophene rings is 1. The van der Waals surface area contributed by atoms with Crippen LogP contribution in [0, 0.1) is 0 Å². The highest BCUT2D eigenvalue weighted by molar-refractivity contribution is 7.13. The molecule has 0 bridgehead atoms. The van der Waals surface area contributed by atoms with E-state index in [1.165, 1.54) is 29.6 Å². The van der Waals surface area contributed by atoms with E-state index in [4.69, 9.17) is 4.98 Å². The second-order valence-corrected chi connectivity index (χ2v) is 12.2. The first-order valence-corrected chi connectivity index (χ1v) is 15.7. The number of nitrogens with zero attached hydrogens (tertiary/aromatic N) is 3. The van der Waals surface area contributed by atoms with Gasteiger partial charge < -0.3 is 20.4 Å². The van der Waals surface area contributed by atoms with Gasteiger partial charge in [-0.05, 0) is 60.7 Å². The van der Waals surface area contributed by atoms with E-state index >= 15 is 0 Å². The van der Waals surface area contributed by atoms with Crippen LogP contribution in [0.1, 0.15) is 29.4 Å². The minimum atomic E-state index is -0.659. The summed E-state index contributed by atoms with van der Waals surface area (Å²) in [5.74, 6) is -0.663. The number of nitrogens with one attached hydrogen (secondary N) is 2. The van der Waals surface area contributed by atoms with E-state index in [1.807, 2.05) is 71.4 Å². The van der Waals surface area contributed by atoms with Gasteiger partial charge in [-0.25, -0.2) is 4.98 Å². The quantitative estimate of drug-likeness (QED) is 0.268. The molecular formula is C32H29N5O4S2. The van der Waals surface area contributed by atoms with Crippen molar-refractivity contribution in [3.8, 4) is 21.8 Å². The molecule has 4 heterocycles. The van der Waals surface area contributed by atoms with Gasteiger partial charge in [-0.15, -0.1) is 22.7 Å². The van der Waals surface area contributed by atoms with Crippen LogP contribution in [-0.4, -0.2) is 63.6 Å². The lowest BCUT2D eigenvalue weighted by molar-refractivity contribution is -0.134. The van der Waals surface area contributed by atoms with Crippen molar-refractivity contribution in [3.63, 3.8) is 0 Å². The van der Waals surface area contributed by atoms with Gasteiger partial charge in [0.25, 0.3) is 11.8 Å². The molecule has 2 aliphatic heterocycles. The Morgan fingerprint density at radius 3 is 2.23 bits per heavy atom. The smallest absolute Gasteiger partial charge is 0.265 e. The van der Waals surface area contributed by atoms with Gasteiger partial charge in [0.05, 0.1) is 10.6 Å². The van der Waals surface area contributed by atoms with Crippen LogP contribution in [0.2, 0.25) is 0 Å². The standard InChI is InChI=1S/C32H29N5O4S2/c1-20(38)36-16-2-5-26(36)29(39)33-24-14-10-22(11-15-24)31-35-25(19-43-31)21-8-12-23(13-9-21)34-30(40)27-6-3-17-37(27)32(41)28-7-4-18-42-28/h3-4,6-15,18-19,26-27H,2,5,16-17H2,1H3,(H,33,39)(H,34,40)/t26-,27-/m0/s1. The minimum absolute atomic E-state index is 0.0806. The number of carbonyl (C=O) groups is 4. The number of hydrogen-bond acceptors (Lipinski definition) is 7. The molecule has 2 aromatic carbocycles. The summed E-state index contributed by atoms with van der Waals surface area (Å²) in [5, 5.41) is 10.5. The first kappa shape index (κ1) is 28.5. The normalized spacial score (nSPS) is 17.7. The SMILES string of the molecule is CC(=O)N1CCC[C@H]1C(=O)Nc1ccc(-c2nc(-c3ccc(NC(=O)[C@@H]4C=CCN4C(=O)c4cccs4)cc3)cs2)cc1. The topological polar surface area (TPSA) is 112 Å². The molecular weight excluding hydrogens is 583 g/mol. The number of likely N-dealkylation sites (tertiary alicyclic amines) is 1. The molecule has 1 fully saturated rings. The van der Waals surface area contributed by atoms with E-state index in [9.17, 15) is 19.2 Å². The molecule has 0 unspecified atom stereocenters. The van der Waals surface area contributed by atoms with Crippen molar-refractivity contribution in [1.29, 1.82) is 0 Å². The number of carbonyl (C=O) groups excluding carboxylic acids is 4. The van der Waals surface area contributed by atoms with E-state index in [2.05, 4.69) is 10.6 Å². The Hall–Kier alpha value is -4.61. The maximum absolute atomic E-state index is 13.0. The van der Waals surface area contributed by atoms with Crippen molar-refractivity contribution in [2.75, 3.05) is 23.7 Å². The van der Waals surface area contributed by atoms with Crippen molar-refractivity contribution in [2.24, 2.45) is 0 Å². The predicted octanol–water partition coefficient (Wildman–Crippen LogP) is 5.51. The molecule has 9 nitrogen and oxygen atoms in total. The van der Waals surface area contributed by atoms with Crippen LogP contribution in [-0.2, 0) is 14.4 Å². The fourth-order valence-electron chi connectivity index (χ4n) is 5.32. The van der Waals surface area contributed by atoms with Crippen LogP contribution in [0.25, 0.3) is 21.8 Å². The first-order chi connectivity index (χ1) is 20.9. The fraction of sp³-hybridized carbons (Fsp3) is 0.219. The van der Waals surface area contributed by atoms with Crippen molar-refractivity contribution in [1.82, 2.24) is 14.8 Å². The van der Waals surface area contributed by atoms with Crippen molar-refractivity contribution < 1.29 is 19.2 Å². The van der Waals surface area contributed by atoms with Gasteiger partial charge in [-0.3, -0.25) is 19.2 Å². The van der Waals surface area contributed by atoms with Gasteiger partial charge >= 0.3 is 0 Å². The number of amides is 4. The third-order valence-electron chi connectivity index (χ3n) is 7.53. The molecule has 0 radical (unpaired) electrons. The molecule has 0 saturated carbocycles. The lowest BCUT2D eigenvalue weighted by Crippen LogP contribution is -2.43. The summed E-state index contributed by atoms with van der Waals surface area (Å²) in [7, 11) is 0. The Kier molecular flexibility index (Phi) is 8.17. The van der Waals surface area contributed by atoms with Gasteiger partial charge in [-0.2, -0.15) is 0 Å². The molecule has 11 heteroatoms. The van der Waals surface area contributed by atoms with Gasteiger partial charge in [0, 0.05) is 47.9 Å². The Bertz CT molecular complexity index is 1680. The third-order valence-corrected chi connectivity index (χ3v) is 9.28. The molecule has 1 saturated heterocycles. The zero-order valence-electron chi connectivity index (χ0n) is 23.4. The molecule has 6 rings (SSSR count). The second kappa shape index (κ2) is 12.3. The number of thiazole rings is 1. The zero-order valence-corrected chi connectivity index (χ0v) is 25.0. The van der Waals surface area contributed by atoms with E-state index in [0.717, 1.165) is 28.2 Å². The minimum Gasteiger partial charge on any atom is -0.331 e. The van der Waals surface area contributed by atoms with Crippen molar-refractivity contribution >= 4 is 57.7 Å². The number of hydrogen-bond donors (Lipinski definition) is 2. The maximum Gasteiger partial charge on any atom is 0.265 e. The average molecular weight is 612 g/mol. The highest BCUT2D eigenvalue weighted by atomic mass is 32.1. The Morgan fingerprint density at radius 2 is 1.56 bits per heavy atom. The van der Waals surface area contributed by atoms with Crippen molar-refractivity contribution in [3.05, 3.63) is 88.5 Å². The highest BCUT2D eigenvalue weighted by Crippen LogP contribution is 2.31. The second-order valence-electron chi connectivity index (χ2n) is 10.3. The highest BCUT2D eigenvalue weighted by Gasteiger charge is 2.33. The van der Waals surface area contributed by atoms with Gasteiger partial charge in [-0.1, -0.05) is 30.4 Å². The fourth-order valence-corrected chi connectivity index (χ4v) is 6.83. The Labute approximate surface area is 256 Å². The van der Waals surface area contributed by atoms with Crippen LogP contribution in [0.3, 0.4) is 0 Å². The Balaban J connectivity index is 1.06. The van der Waals surface area contributed by atoms with E-state index in [1.54, 1.807) is 21.9 Å². The molecule has 0 aliphatic carbocycles. The van der Waals surface area contributed by atoms with Crippen LogP contribution in [0.5, 0.6) is 0 Å². The van der Waals surface area contributed by atoms with Crippen LogP contribution < -0.4 is 10.6 Å². The summed E-state index contributed by atoms with van der Waals surface area (Å²) in [5.41, 5.74) is 3.95. The number of aromatic nitrogens is 1. The third kappa shape index (κ3) is 6.13. The summed E-state index contributed by atoms with van der Waals surface area (Å²) in [6, 6.07) is 17.5. The monoisotopic (exact) mass is 611 g/mol.